The first-order chi connectivity index (χ1) is 19.5. The van der Waals surface area contributed by atoms with Crippen LogP contribution in [0.15, 0.2) is 82.3 Å². The zero-order chi connectivity index (χ0) is 29.7. The zero-order valence-corrected chi connectivity index (χ0v) is 23.7. The molecule has 7 N–H and O–H groups in total. The number of phenols is 1. The van der Waals surface area contributed by atoms with E-state index in [0.29, 0.717) is 40.7 Å². The number of para-hydroxylation sites is 1. The Bertz CT molecular complexity index is 1610. The molecule has 4 aromatic rings. The van der Waals surface area contributed by atoms with Crippen molar-refractivity contribution < 1.29 is 14.4 Å². The van der Waals surface area contributed by atoms with Crippen molar-refractivity contribution in [2.24, 2.45) is 23.1 Å². The van der Waals surface area contributed by atoms with Crippen molar-refractivity contribution in [2.75, 3.05) is 6.61 Å². The summed E-state index contributed by atoms with van der Waals surface area (Å²) in [5.74, 6) is 1.91. The Balaban J connectivity index is 1.47. The molecule has 0 aliphatic rings. The molecule has 11 nitrogen and oxygen atoms in total. The topological polar surface area (TPSA) is 173 Å². The van der Waals surface area contributed by atoms with Gasteiger partial charge in [0.15, 0.2) is 0 Å². The van der Waals surface area contributed by atoms with Crippen LogP contribution < -0.4 is 27.5 Å². The van der Waals surface area contributed by atoms with E-state index in [4.69, 9.17) is 26.5 Å². The minimum Gasteiger partial charge on any atom is -0.507 e. The van der Waals surface area contributed by atoms with Gasteiger partial charge in [0.1, 0.15) is 23.9 Å². The second-order valence-corrected chi connectivity index (χ2v) is 10.3. The lowest BCUT2D eigenvalue weighted by Crippen LogP contribution is -2.23. The maximum atomic E-state index is 12.5. The summed E-state index contributed by atoms with van der Waals surface area (Å²) in [7, 11) is 0. The van der Waals surface area contributed by atoms with Crippen molar-refractivity contribution in [3.05, 3.63) is 106 Å². The minimum atomic E-state index is -0.216. The summed E-state index contributed by atoms with van der Waals surface area (Å²) >= 11 is 0. The van der Waals surface area contributed by atoms with Gasteiger partial charge in [-0.1, -0.05) is 32.9 Å². The fourth-order valence-electron chi connectivity index (χ4n) is 4.23. The average molecular weight is 560 g/mol. The zero-order valence-electron chi connectivity index (χ0n) is 23.7. The third-order valence-electron chi connectivity index (χ3n) is 7.16. The highest BCUT2D eigenvalue weighted by Crippen LogP contribution is 2.27. The SMILES string of the molecule is CC(C)C(C)c1cc(OCCn2cc(C(C)n3cc(C(/C=C(\N)c4ccccc4O)=C(N)N)cn3)ccc2=O)no1. The molecule has 0 saturated carbocycles. The molecule has 0 spiro atoms. The number of nitrogens with zero attached hydrogens (tertiary/aromatic N) is 4. The first-order valence-corrected chi connectivity index (χ1v) is 13.4. The van der Waals surface area contributed by atoms with E-state index in [9.17, 15) is 9.90 Å². The lowest BCUT2D eigenvalue weighted by Gasteiger charge is -2.15. The molecular formula is C30H37N7O4. The van der Waals surface area contributed by atoms with E-state index in [1.807, 2.05) is 6.92 Å². The highest BCUT2D eigenvalue weighted by molar-refractivity contribution is 5.84. The molecule has 0 bridgehead atoms. The number of aromatic hydroxyl groups is 1. The Labute approximate surface area is 238 Å². The Morgan fingerprint density at radius 2 is 1.85 bits per heavy atom. The lowest BCUT2D eigenvalue weighted by molar-refractivity contribution is 0.257. The first-order valence-electron chi connectivity index (χ1n) is 13.4. The number of pyridine rings is 1. The van der Waals surface area contributed by atoms with Crippen molar-refractivity contribution in [3.8, 4) is 11.6 Å². The fourth-order valence-corrected chi connectivity index (χ4v) is 4.23. The van der Waals surface area contributed by atoms with Crippen molar-refractivity contribution in [2.45, 2.75) is 46.2 Å². The highest BCUT2D eigenvalue weighted by atomic mass is 16.5. The molecule has 4 rings (SSSR count). The highest BCUT2D eigenvalue weighted by Gasteiger charge is 2.17. The van der Waals surface area contributed by atoms with Gasteiger partial charge >= 0.3 is 0 Å². The fraction of sp³-hybridized carbons (Fsp3) is 0.300. The Hall–Kier alpha value is -4.93. The van der Waals surface area contributed by atoms with Crippen LogP contribution in [0.4, 0.5) is 0 Å². The van der Waals surface area contributed by atoms with Crippen LogP contribution in [0.5, 0.6) is 11.6 Å². The molecule has 11 heteroatoms. The number of nitrogens with two attached hydrogens (primary N) is 3. The first kappa shape index (κ1) is 29.1. The molecule has 2 atom stereocenters. The van der Waals surface area contributed by atoms with Crippen molar-refractivity contribution in [1.82, 2.24) is 19.5 Å². The molecular weight excluding hydrogens is 522 g/mol. The molecule has 3 aromatic heterocycles. The van der Waals surface area contributed by atoms with Crippen LogP contribution in [-0.2, 0) is 6.54 Å². The van der Waals surface area contributed by atoms with Crippen LogP contribution in [0.1, 0.15) is 62.1 Å². The monoisotopic (exact) mass is 559 g/mol. The Morgan fingerprint density at radius 1 is 1.10 bits per heavy atom. The van der Waals surface area contributed by atoms with Gasteiger partial charge in [-0.05, 0) is 47.8 Å². The number of aromatic nitrogens is 4. The van der Waals surface area contributed by atoms with Gasteiger partial charge in [-0.2, -0.15) is 5.10 Å². The predicted octanol–water partition coefficient (Wildman–Crippen LogP) is 3.77. The molecule has 3 heterocycles. The summed E-state index contributed by atoms with van der Waals surface area (Å²) in [6.45, 7) is 8.86. The summed E-state index contributed by atoms with van der Waals surface area (Å²) in [6, 6.07) is 11.6. The number of benzene rings is 1. The number of rotatable bonds is 11. The molecule has 1 aromatic carbocycles. The van der Waals surface area contributed by atoms with E-state index in [1.165, 1.54) is 6.07 Å². The predicted molar refractivity (Wildman–Crippen MR) is 158 cm³/mol. The van der Waals surface area contributed by atoms with E-state index in [2.05, 4.69) is 31.0 Å². The van der Waals surface area contributed by atoms with Crippen LogP contribution >= 0.6 is 0 Å². The molecule has 2 unspecified atom stereocenters. The molecule has 0 saturated heterocycles. The van der Waals surface area contributed by atoms with Crippen molar-refractivity contribution in [3.63, 3.8) is 0 Å². The number of ether oxygens (including phenoxy) is 1. The molecule has 0 fully saturated rings. The van der Waals surface area contributed by atoms with Gasteiger partial charge in [-0.25, -0.2) is 0 Å². The smallest absolute Gasteiger partial charge is 0.254 e. The normalized spacial score (nSPS) is 13.2. The van der Waals surface area contributed by atoms with Gasteiger partial charge in [0.05, 0.1) is 18.8 Å². The van der Waals surface area contributed by atoms with E-state index in [1.54, 1.807) is 70.3 Å². The van der Waals surface area contributed by atoms with E-state index >= 15 is 0 Å². The minimum absolute atomic E-state index is 0.0486. The van der Waals surface area contributed by atoms with Gasteiger partial charge in [0.25, 0.3) is 11.4 Å². The second-order valence-electron chi connectivity index (χ2n) is 10.3. The van der Waals surface area contributed by atoms with E-state index in [0.717, 1.165) is 11.3 Å². The third kappa shape index (κ3) is 6.81. The van der Waals surface area contributed by atoms with Crippen LogP contribution in [0.3, 0.4) is 0 Å². The average Bonchev–Trinajstić information content (AvgIpc) is 3.62. The Morgan fingerprint density at radius 3 is 2.56 bits per heavy atom. The largest absolute Gasteiger partial charge is 0.507 e. The van der Waals surface area contributed by atoms with Crippen LogP contribution in [0.2, 0.25) is 0 Å². The molecule has 0 amide bonds. The van der Waals surface area contributed by atoms with E-state index in [-0.39, 0.29) is 35.7 Å². The van der Waals surface area contributed by atoms with Crippen molar-refractivity contribution in [1.29, 1.82) is 0 Å². The van der Waals surface area contributed by atoms with Crippen LogP contribution in [0.25, 0.3) is 11.3 Å². The van der Waals surface area contributed by atoms with Gasteiger partial charge in [-0.3, -0.25) is 9.48 Å². The Kier molecular flexibility index (Phi) is 8.86. The van der Waals surface area contributed by atoms with Crippen LogP contribution in [0, 0.1) is 5.92 Å². The summed E-state index contributed by atoms with van der Waals surface area (Å²) in [5.41, 5.74) is 20.8. The maximum absolute atomic E-state index is 12.5. The summed E-state index contributed by atoms with van der Waals surface area (Å²) < 4.78 is 14.5. The summed E-state index contributed by atoms with van der Waals surface area (Å²) in [4.78, 5) is 12.5. The summed E-state index contributed by atoms with van der Waals surface area (Å²) in [5, 5.41) is 18.6. The standard InChI is InChI=1S/C30H37N7O4/c1-18(2)19(3)27-14-28(35-41-27)40-12-11-36-16-21(9-10-29(36)39)20(4)37-17-22(15-34-37)24(30(32)33)13-25(31)23-7-5-6-8-26(23)38/h5-10,13-20,38H,11-12,31-33H2,1-4H3/b25-13-. The van der Waals surface area contributed by atoms with Gasteiger partial charge in [0.2, 0.25) is 0 Å². The quantitative estimate of drug-likeness (QED) is 0.199. The third-order valence-corrected chi connectivity index (χ3v) is 7.16. The molecule has 216 valence electrons. The van der Waals surface area contributed by atoms with Crippen LogP contribution in [-0.4, -0.2) is 31.2 Å². The number of allylic oxidation sites excluding steroid dienone is 2. The molecule has 0 radical (unpaired) electrons. The van der Waals surface area contributed by atoms with Gasteiger partial charge in [-0.15, -0.1) is 0 Å². The second kappa shape index (κ2) is 12.5. The number of hydrogen-bond donors (Lipinski definition) is 4. The van der Waals surface area contributed by atoms with Crippen molar-refractivity contribution >= 4 is 11.3 Å². The lowest BCUT2D eigenvalue weighted by atomic mass is 9.96. The number of hydrogen-bond acceptors (Lipinski definition) is 9. The molecule has 0 aliphatic heterocycles. The van der Waals surface area contributed by atoms with Gasteiger partial charge < -0.3 is 36.1 Å². The molecule has 0 aliphatic carbocycles. The number of phenolic OH excluding ortho intramolecular Hbond substituents is 1. The maximum Gasteiger partial charge on any atom is 0.254 e. The molecule has 41 heavy (non-hydrogen) atoms. The van der Waals surface area contributed by atoms with E-state index < -0.39 is 0 Å². The van der Waals surface area contributed by atoms with Gasteiger partial charge in [0, 0.05) is 52.8 Å². The summed E-state index contributed by atoms with van der Waals surface area (Å²) in [6.07, 6.45) is 6.83.